The van der Waals surface area contributed by atoms with Gasteiger partial charge in [0, 0.05) is 32.1 Å². The number of hydrogen-bond donors (Lipinski definition) is 2. The Morgan fingerprint density at radius 2 is 2.13 bits per heavy atom. The van der Waals surface area contributed by atoms with Crippen molar-refractivity contribution in [2.45, 2.75) is 44.4 Å². The van der Waals surface area contributed by atoms with Gasteiger partial charge in [-0.25, -0.2) is 0 Å². The van der Waals surface area contributed by atoms with Crippen molar-refractivity contribution in [3.8, 4) is 0 Å². The van der Waals surface area contributed by atoms with Crippen LogP contribution in [0.15, 0.2) is 42.5 Å². The first kappa shape index (κ1) is 16.2. The molecular formula is C19H26N2O2. The van der Waals surface area contributed by atoms with Crippen LogP contribution in [0, 0.1) is 5.92 Å². The Morgan fingerprint density at radius 1 is 1.30 bits per heavy atom. The number of rotatable bonds is 6. The third-order valence-corrected chi connectivity index (χ3v) is 4.83. The van der Waals surface area contributed by atoms with Crippen molar-refractivity contribution in [3.63, 3.8) is 0 Å². The molecule has 1 aliphatic carbocycles. The van der Waals surface area contributed by atoms with E-state index in [1.54, 1.807) is 0 Å². The highest BCUT2D eigenvalue weighted by Gasteiger charge is 2.31. The summed E-state index contributed by atoms with van der Waals surface area (Å²) in [4.78, 5) is 14.3. The molecule has 0 bridgehead atoms. The molecule has 1 fully saturated rings. The van der Waals surface area contributed by atoms with Crippen molar-refractivity contribution in [2.75, 3.05) is 13.1 Å². The van der Waals surface area contributed by atoms with Crippen LogP contribution in [0.25, 0.3) is 0 Å². The van der Waals surface area contributed by atoms with E-state index in [-0.39, 0.29) is 18.1 Å². The maximum atomic E-state index is 12.1. The molecule has 1 amide bonds. The van der Waals surface area contributed by atoms with Gasteiger partial charge in [0.15, 0.2) is 0 Å². The first-order chi connectivity index (χ1) is 11.2. The van der Waals surface area contributed by atoms with Crippen molar-refractivity contribution in [2.24, 2.45) is 5.92 Å². The average molecular weight is 314 g/mol. The van der Waals surface area contributed by atoms with Crippen LogP contribution >= 0.6 is 0 Å². The Labute approximate surface area is 138 Å². The van der Waals surface area contributed by atoms with Crippen molar-refractivity contribution in [1.29, 1.82) is 0 Å². The smallest absolute Gasteiger partial charge is 0.220 e. The molecule has 1 saturated heterocycles. The van der Waals surface area contributed by atoms with Gasteiger partial charge in [0.05, 0.1) is 6.10 Å². The van der Waals surface area contributed by atoms with E-state index in [1.165, 1.54) is 5.56 Å². The number of β-amino-alcohol motifs (C(OH)–C–C–N with tert-alkyl or cyclic N) is 1. The molecule has 0 aromatic heterocycles. The molecular weight excluding hydrogens is 288 g/mol. The molecule has 3 unspecified atom stereocenters. The van der Waals surface area contributed by atoms with E-state index in [9.17, 15) is 9.90 Å². The second-order valence-electron chi connectivity index (χ2n) is 6.73. The summed E-state index contributed by atoms with van der Waals surface area (Å²) in [6.07, 6.45) is 7.53. The van der Waals surface area contributed by atoms with Crippen LogP contribution < -0.4 is 5.32 Å². The number of nitrogens with one attached hydrogen (secondary N) is 1. The number of aliphatic hydroxyl groups excluding tert-OH is 1. The highest BCUT2D eigenvalue weighted by atomic mass is 16.3. The zero-order valence-corrected chi connectivity index (χ0v) is 13.5. The number of aliphatic hydroxyl groups is 1. The van der Waals surface area contributed by atoms with Crippen LogP contribution in [0.3, 0.4) is 0 Å². The molecule has 0 radical (unpaired) electrons. The molecule has 124 valence electrons. The summed E-state index contributed by atoms with van der Waals surface area (Å²) in [5, 5.41) is 13.0. The van der Waals surface area contributed by atoms with E-state index in [0.29, 0.717) is 25.4 Å². The minimum absolute atomic E-state index is 0.127. The lowest BCUT2D eigenvalue weighted by Crippen LogP contribution is -2.40. The standard InChI is InChI=1S/C19H26N2O2/c22-18-11-17(12-20-19(23)10-15-6-4-5-7-15)21(14-18)13-16-8-2-1-3-9-16/h1-4,6,8-9,15,17-18,22H,5,7,10-14H2,(H,20,23). The SMILES string of the molecule is O=C(CC1C=CCC1)NCC1CC(O)CN1Cc1ccccc1. The van der Waals surface area contributed by atoms with E-state index in [2.05, 4.69) is 34.5 Å². The third kappa shape index (κ3) is 4.66. The minimum atomic E-state index is -0.293. The fourth-order valence-corrected chi connectivity index (χ4v) is 3.59. The van der Waals surface area contributed by atoms with Gasteiger partial charge in [-0.05, 0) is 30.7 Å². The highest BCUT2D eigenvalue weighted by Crippen LogP contribution is 2.22. The number of amides is 1. The van der Waals surface area contributed by atoms with Crippen LogP contribution in [0.1, 0.15) is 31.2 Å². The average Bonchev–Trinajstić information content (AvgIpc) is 3.16. The van der Waals surface area contributed by atoms with Gasteiger partial charge in [0.1, 0.15) is 0 Å². The zero-order chi connectivity index (χ0) is 16.1. The van der Waals surface area contributed by atoms with E-state index >= 15 is 0 Å². The Balaban J connectivity index is 1.48. The molecule has 2 N–H and O–H groups in total. The fraction of sp³-hybridized carbons (Fsp3) is 0.526. The van der Waals surface area contributed by atoms with Crippen molar-refractivity contribution >= 4 is 5.91 Å². The monoisotopic (exact) mass is 314 g/mol. The van der Waals surface area contributed by atoms with Crippen LogP contribution in [-0.4, -0.2) is 41.1 Å². The summed E-state index contributed by atoms with van der Waals surface area (Å²) in [5.41, 5.74) is 1.24. The van der Waals surface area contributed by atoms with E-state index in [1.807, 2.05) is 18.2 Å². The molecule has 1 heterocycles. The predicted molar refractivity (Wildman–Crippen MR) is 90.8 cm³/mol. The molecule has 4 nitrogen and oxygen atoms in total. The Bertz CT molecular complexity index is 544. The number of likely N-dealkylation sites (tertiary alicyclic amines) is 1. The number of benzene rings is 1. The van der Waals surface area contributed by atoms with Gasteiger partial charge in [0.25, 0.3) is 0 Å². The van der Waals surface area contributed by atoms with Gasteiger partial charge in [-0.1, -0.05) is 42.5 Å². The van der Waals surface area contributed by atoms with Crippen molar-refractivity contribution < 1.29 is 9.90 Å². The summed E-state index contributed by atoms with van der Waals surface area (Å²) in [5.74, 6) is 0.534. The summed E-state index contributed by atoms with van der Waals surface area (Å²) in [6, 6.07) is 10.5. The molecule has 0 saturated carbocycles. The molecule has 0 spiro atoms. The summed E-state index contributed by atoms with van der Waals surface area (Å²) in [7, 11) is 0. The number of carbonyl (C=O) groups excluding carboxylic acids is 1. The van der Waals surface area contributed by atoms with Crippen LogP contribution in [-0.2, 0) is 11.3 Å². The molecule has 1 aromatic rings. The predicted octanol–water partition coefficient (Wildman–Crippen LogP) is 2.09. The topological polar surface area (TPSA) is 52.6 Å². The third-order valence-electron chi connectivity index (χ3n) is 4.83. The summed E-state index contributed by atoms with van der Waals surface area (Å²) >= 11 is 0. The van der Waals surface area contributed by atoms with Gasteiger partial charge in [-0.3, -0.25) is 9.69 Å². The first-order valence-corrected chi connectivity index (χ1v) is 8.60. The van der Waals surface area contributed by atoms with Gasteiger partial charge >= 0.3 is 0 Å². The van der Waals surface area contributed by atoms with E-state index in [4.69, 9.17) is 0 Å². The summed E-state index contributed by atoms with van der Waals surface area (Å²) < 4.78 is 0. The molecule has 1 aromatic carbocycles. The van der Waals surface area contributed by atoms with E-state index < -0.39 is 0 Å². The number of allylic oxidation sites excluding steroid dienone is 2. The lowest BCUT2D eigenvalue weighted by Gasteiger charge is -2.24. The van der Waals surface area contributed by atoms with Gasteiger partial charge in [0.2, 0.25) is 5.91 Å². The van der Waals surface area contributed by atoms with Crippen molar-refractivity contribution in [3.05, 3.63) is 48.0 Å². The molecule has 4 heteroatoms. The molecule has 23 heavy (non-hydrogen) atoms. The quantitative estimate of drug-likeness (QED) is 0.791. The normalized spacial score (nSPS) is 27.4. The maximum absolute atomic E-state index is 12.1. The largest absolute Gasteiger partial charge is 0.392 e. The fourth-order valence-electron chi connectivity index (χ4n) is 3.59. The maximum Gasteiger partial charge on any atom is 0.220 e. The first-order valence-electron chi connectivity index (χ1n) is 8.60. The molecule has 3 atom stereocenters. The van der Waals surface area contributed by atoms with Crippen LogP contribution in [0.2, 0.25) is 0 Å². The summed E-state index contributed by atoms with van der Waals surface area (Å²) in [6.45, 7) is 2.13. The number of hydrogen-bond acceptors (Lipinski definition) is 3. The Morgan fingerprint density at radius 3 is 2.87 bits per heavy atom. The van der Waals surface area contributed by atoms with Gasteiger partial charge in [-0.2, -0.15) is 0 Å². The van der Waals surface area contributed by atoms with E-state index in [0.717, 1.165) is 25.8 Å². The van der Waals surface area contributed by atoms with Gasteiger partial charge < -0.3 is 10.4 Å². The second-order valence-corrected chi connectivity index (χ2v) is 6.73. The van der Waals surface area contributed by atoms with Crippen LogP contribution in [0.5, 0.6) is 0 Å². The minimum Gasteiger partial charge on any atom is -0.392 e. The zero-order valence-electron chi connectivity index (χ0n) is 13.5. The highest BCUT2D eigenvalue weighted by molar-refractivity contribution is 5.76. The lowest BCUT2D eigenvalue weighted by atomic mass is 10.0. The van der Waals surface area contributed by atoms with Crippen molar-refractivity contribution in [1.82, 2.24) is 10.2 Å². The molecule has 2 aliphatic rings. The Hall–Kier alpha value is -1.65. The lowest BCUT2D eigenvalue weighted by molar-refractivity contribution is -0.121. The molecule has 1 aliphatic heterocycles. The number of carbonyl (C=O) groups is 1. The van der Waals surface area contributed by atoms with Gasteiger partial charge in [-0.15, -0.1) is 0 Å². The van der Waals surface area contributed by atoms with Crippen LogP contribution in [0.4, 0.5) is 0 Å². The Kier molecular flexibility index (Phi) is 5.47. The molecule has 3 rings (SSSR count). The number of nitrogens with zero attached hydrogens (tertiary/aromatic N) is 1. The second kappa shape index (κ2) is 7.75.